The first-order valence-electron chi connectivity index (χ1n) is 9.71. The molecule has 29 heavy (non-hydrogen) atoms. The maximum Gasteiger partial charge on any atom is 0.237 e. The molecular weight excluding hydrogens is 364 g/mol. The van der Waals surface area contributed by atoms with Crippen molar-refractivity contribution in [3.8, 4) is 17.3 Å². The summed E-state index contributed by atoms with van der Waals surface area (Å²) in [5.41, 5.74) is 4.54. The molecule has 7 heteroatoms. The Morgan fingerprint density at radius 3 is 2.66 bits per heavy atom. The van der Waals surface area contributed by atoms with Crippen LogP contribution in [0.15, 0.2) is 47.6 Å². The van der Waals surface area contributed by atoms with E-state index in [0.717, 1.165) is 42.9 Å². The Kier molecular flexibility index (Phi) is 4.37. The number of pyridine rings is 1. The number of allylic oxidation sites excluding steroid dienone is 1. The van der Waals surface area contributed by atoms with E-state index in [0.29, 0.717) is 17.3 Å². The molecule has 1 aromatic carbocycles. The summed E-state index contributed by atoms with van der Waals surface area (Å²) >= 11 is 0. The Labute approximate surface area is 169 Å². The van der Waals surface area contributed by atoms with E-state index < -0.39 is 0 Å². The number of piperazine rings is 1. The maximum absolute atomic E-state index is 10.3. The van der Waals surface area contributed by atoms with Gasteiger partial charge in [-0.15, -0.1) is 0 Å². The van der Waals surface area contributed by atoms with E-state index in [1.165, 1.54) is 5.69 Å². The Morgan fingerprint density at radius 1 is 1.07 bits per heavy atom. The van der Waals surface area contributed by atoms with E-state index in [1.807, 2.05) is 30.3 Å². The number of hydrogen-bond acceptors (Lipinski definition) is 6. The number of aromatic hydroxyl groups is 1. The normalized spacial score (nSPS) is 17.8. The van der Waals surface area contributed by atoms with E-state index in [2.05, 4.69) is 48.9 Å². The zero-order valence-electron chi connectivity index (χ0n) is 16.2. The number of nitrogens with zero attached hydrogens (tertiary/aromatic N) is 5. The standard InChI is InChI=1S/C22H22N6O/c1-27-9-11-28(12-10-27)17-6-4-15(5-7-17)20-25-19(22(29)26-20)13-16-14-24-21-18(16)3-2-8-23-21/h2-8,13-14,29H,9-12H2,1H3,(H,25,26). The summed E-state index contributed by atoms with van der Waals surface area (Å²) in [5.74, 6) is 1.31. The molecule has 2 aliphatic rings. The van der Waals surface area contributed by atoms with Crippen molar-refractivity contribution in [1.82, 2.24) is 19.9 Å². The Morgan fingerprint density at radius 2 is 1.86 bits per heavy atom. The van der Waals surface area contributed by atoms with Gasteiger partial charge in [-0.05, 0) is 49.5 Å². The Hall–Kier alpha value is -3.45. The third-order valence-corrected chi connectivity index (χ3v) is 5.44. The molecule has 2 aromatic heterocycles. The predicted octanol–water partition coefficient (Wildman–Crippen LogP) is 3.19. The second-order valence-electron chi connectivity index (χ2n) is 7.39. The van der Waals surface area contributed by atoms with Crippen molar-refractivity contribution in [2.75, 3.05) is 38.1 Å². The molecule has 0 saturated carbocycles. The third-order valence-electron chi connectivity index (χ3n) is 5.44. The molecule has 2 aliphatic heterocycles. The highest BCUT2D eigenvalue weighted by Crippen LogP contribution is 2.32. The lowest BCUT2D eigenvalue weighted by atomic mass is 10.1. The van der Waals surface area contributed by atoms with Gasteiger partial charge >= 0.3 is 0 Å². The average Bonchev–Trinajstić information content (AvgIpc) is 3.33. The summed E-state index contributed by atoms with van der Waals surface area (Å²) < 4.78 is 0. The van der Waals surface area contributed by atoms with Crippen molar-refractivity contribution >= 4 is 29.4 Å². The van der Waals surface area contributed by atoms with Crippen LogP contribution in [-0.2, 0) is 0 Å². The molecule has 7 nitrogen and oxygen atoms in total. The first kappa shape index (κ1) is 17.6. The van der Waals surface area contributed by atoms with Crippen LogP contribution in [0.4, 0.5) is 11.5 Å². The molecule has 0 spiro atoms. The summed E-state index contributed by atoms with van der Waals surface area (Å²) in [6.45, 7) is 4.22. The fourth-order valence-electron chi connectivity index (χ4n) is 3.71. The van der Waals surface area contributed by atoms with Gasteiger partial charge in [0.25, 0.3) is 0 Å². The third kappa shape index (κ3) is 3.40. The van der Waals surface area contributed by atoms with Gasteiger partial charge in [0.2, 0.25) is 5.88 Å². The molecule has 0 amide bonds. The minimum absolute atomic E-state index is 0.0265. The second kappa shape index (κ2) is 7.18. The van der Waals surface area contributed by atoms with Gasteiger partial charge in [-0.1, -0.05) is 0 Å². The van der Waals surface area contributed by atoms with Gasteiger partial charge in [0.1, 0.15) is 11.5 Å². The topological polar surface area (TPSA) is 80.6 Å². The smallest absolute Gasteiger partial charge is 0.237 e. The van der Waals surface area contributed by atoms with Crippen LogP contribution in [0.25, 0.3) is 23.0 Å². The number of aliphatic imine (C=N–C) groups is 1. The van der Waals surface area contributed by atoms with Gasteiger partial charge in [0.15, 0.2) is 5.82 Å². The van der Waals surface area contributed by atoms with Crippen LogP contribution in [0.1, 0.15) is 11.3 Å². The highest BCUT2D eigenvalue weighted by Gasteiger charge is 2.17. The van der Waals surface area contributed by atoms with E-state index in [9.17, 15) is 5.11 Å². The number of nitrogens with one attached hydrogen (secondary N) is 1. The second-order valence-corrected chi connectivity index (χ2v) is 7.39. The van der Waals surface area contributed by atoms with Gasteiger partial charge in [-0.3, -0.25) is 0 Å². The summed E-state index contributed by atoms with van der Waals surface area (Å²) in [6, 6.07) is 12.2. The molecule has 4 heterocycles. The minimum Gasteiger partial charge on any atom is -0.492 e. The van der Waals surface area contributed by atoms with Crippen LogP contribution in [0.3, 0.4) is 0 Å². The number of anilines is 1. The van der Waals surface area contributed by atoms with Crippen molar-refractivity contribution in [2.24, 2.45) is 4.99 Å². The molecule has 3 aromatic rings. The van der Waals surface area contributed by atoms with Crippen molar-refractivity contribution in [3.63, 3.8) is 0 Å². The SMILES string of the molecule is CN1CCN(c2ccc(-c3nc(O)c(C=C4C=Nc5ncccc54)[nH]3)cc2)CC1. The van der Waals surface area contributed by atoms with Crippen LogP contribution in [0.5, 0.6) is 5.88 Å². The molecular formula is C22H22N6O. The Bertz CT molecular complexity index is 1090. The summed E-state index contributed by atoms with van der Waals surface area (Å²) in [5, 5.41) is 10.3. The van der Waals surface area contributed by atoms with Gasteiger partial charge in [-0.25, -0.2) is 9.98 Å². The quantitative estimate of drug-likeness (QED) is 0.723. The highest BCUT2D eigenvalue weighted by molar-refractivity contribution is 6.20. The number of aromatic amines is 1. The van der Waals surface area contributed by atoms with Crippen LogP contribution < -0.4 is 4.90 Å². The van der Waals surface area contributed by atoms with E-state index in [-0.39, 0.29) is 5.88 Å². The largest absolute Gasteiger partial charge is 0.492 e. The summed E-state index contributed by atoms with van der Waals surface area (Å²) in [6.07, 6.45) is 5.32. The molecule has 0 aliphatic carbocycles. The van der Waals surface area contributed by atoms with Crippen molar-refractivity contribution < 1.29 is 5.11 Å². The molecule has 0 atom stereocenters. The number of H-pyrrole nitrogens is 1. The zero-order valence-corrected chi connectivity index (χ0v) is 16.2. The summed E-state index contributed by atoms with van der Waals surface area (Å²) in [7, 11) is 2.16. The summed E-state index contributed by atoms with van der Waals surface area (Å²) in [4.78, 5) is 20.8. The van der Waals surface area contributed by atoms with Crippen molar-refractivity contribution in [3.05, 3.63) is 53.9 Å². The number of benzene rings is 1. The van der Waals surface area contributed by atoms with Crippen LogP contribution >= 0.6 is 0 Å². The Balaban J connectivity index is 1.38. The lowest BCUT2D eigenvalue weighted by molar-refractivity contribution is 0.313. The molecule has 0 bridgehead atoms. The lowest BCUT2D eigenvalue weighted by Gasteiger charge is -2.34. The number of likely N-dealkylation sites (N-methyl/N-ethyl adjacent to an activating group) is 1. The van der Waals surface area contributed by atoms with Crippen molar-refractivity contribution in [1.29, 1.82) is 0 Å². The zero-order chi connectivity index (χ0) is 19.8. The van der Waals surface area contributed by atoms with E-state index in [1.54, 1.807) is 12.4 Å². The average molecular weight is 386 g/mol. The van der Waals surface area contributed by atoms with Crippen LogP contribution in [0, 0.1) is 0 Å². The van der Waals surface area contributed by atoms with Crippen LogP contribution in [-0.4, -0.2) is 64.4 Å². The van der Waals surface area contributed by atoms with Gasteiger partial charge in [0.05, 0.1) is 0 Å². The van der Waals surface area contributed by atoms with Crippen molar-refractivity contribution in [2.45, 2.75) is 0 Å². The molecule has 1 fully saturated rings. The predicted molar refractivity (Wildman–Crippen MR) is 116 cm³/mol. The lowest BCUT2D eigenvalue weighted by Crippen LogP contribution is -2.44. The van der Waals surface area contributed by atoms with E-state index >= 15 is 0 Å². The number of aromatic nitrogens is 3. The number of hydrogen-bond donors (Lipinski definition) is 2. The molecule has 0 unspecified atom stereocenters. The van der Waals surface area contributed by atoms with Gasteiger partial charge < -0.3 is 19.9 Å². The minimum atomic E-state index is -0.0265. The van der Waals surface area contributed by atoms with E-state index in [4.69, 9.17) is 0 Å². The highest BCUT2D eigenvalue weighted by atomic mass is 16.3. The first-order chi connectivity index (χ1) is 14.2. The number of imidazole rings is 1. The molecule has 1 saturated heterocycles. The monoisotopic (exact) mass is 386 g/mol. The number of fused-ring (bicyclic) bond motifs is 1. The first-order valence-corrected chi connectivity index (χ1v) is 9.71. The van der Waals surface area contributed by atoms with Crippen LogP contribution in [0.2, 0.25) is 0 Å². The molecule has 146 valence electrons. The molecule has 0 radical (unpaired) electrons. The molecule has 2 N–H and O–H groups in total. The fraction of sp³-hybridized carbons (Fsp3) is 0.227. The number of rotatable bonds is 3. The van der Waals surface area contributed by atoms with Gasteiger partial charge in [0, 0.05) is 61.0 Å². The van der Waals surface area contributed by atoms with Gasteiger partial charge in [-0.2, -0.15) is 4.98 Å². The fourth-order valence-corrected chi connectivity index (χ4v) is 3.71. The maximum atomic E-state index is 10.3. The molecule has 5 rings (SSSR count).